The summed E-state index contributed by atoms with van der Waals surface area (Å²) in [6, 6.07) is 11.4. The third-order valence-electron chi connectivity index (χ3n) is 3.95. The Morgan fingerprint density at radius 1 is 1.19 bits per heavy atom. The number of guanidine groups is 1. The smallest absolute Gasteiger partial charge is 0.266 e. The molecule has 1 heterocycles. The molecule has 0 bridgehead atoms. The molecule has 2 rings (SSSR count). The van der Waals surface area contributed by atoms with Crippen LogP contribution in [0.15, 0.2) is 46.2 Å². The third-order valence-corrected chi connectivity index (χ3v) is 3.95. The number of hydrogen-bond acceptors (Lipinski definition) is 4. The number of aryl methyl sites for hydroxylation is 2. The van der Waals surface area contributed by atoms with Gasteiger partial charge in [0.1, 0.15) is 0 Å². The lowest BCUT2D eigenvalue weighted by Crippen LogP contribution is -2.34. The Bertz CT molecular complexity index is 832. The molecule has 0 atom stereocenters. The molecule has 0 saturated heterocycles. The Morgan fingerprint density at radius 3 is 2.65 bits per heavy atom. The number of rotatable bonds is 7. The molecule has 26 heavy (non-hydrogen) atoms. The molecule has 0 saturated carbocycles. The van der Waals surface area contributed by atoms with Gasteiger partial charge in [-0.2, -0.15) is 10.4 Å². The molecule has 0 spiro atoms. The van der Waals surface area contributed by atoms with Gasteiger partial charge in [-0.15, -0.1) is 0 Å². The number of benzene rings is 1. The molecule has 1 aromatic carbocycles. The predicted octanol–water partition coefficient (Wildman–Crippen LogP) is 2.04. The number of unbranched alkanes of at least 4 members (excludes halogenated alkanes) is 2. The lowest BCUT2D eigenvalue weighted by Gasteiger charge is -2.09. The molecule has 0 aliphatic rings. The highest BCUT2D eigenvalue weighted by atomic mass is 16.1. The minimum atomic E-state index is -0.0855. The van der Waals surface area contributed by atoms with Gasteiger partial charge in [-0.05, 0) is 32.3 Å². The summed E-state index contributed by atoms with van der Waals surface area (Å²) < 4.78 is 1.53. The number of aliphatic imine (C=N–C) groups is 1. The molecule has 7 heteroatoms. The summed E-state index contributed by atoms with van der Waals surface area (Å²) in [6.45, 7) is 3.34. The largest absolute Gasteiger partial charge is 0.356 e. The van der Waals surface area contributed by atoms with Crippen LogP contribution in [0.5, 0.6) is 0 Å². The van der Waals surface area contributed by atoms with E-state index in [1.807, 2.05) is 37.4 Å². The van der Waals surface area contributed by atoms with Gasteiger partial charge in [0.15, 0.2) is 6.19 Å². The molecule has 0 aliphatic carbocycles. The molecule has 0 radical (unpaired) electrons. The van der Waals surface area contributed by atoms with E-state index in [9.17, 15) is 4.79 Å². The van der Waals surface area contributed by atoms with E-state index in [2.05, 4.69) is 20.7 Å². The third kappa shape index (κ3) is 5.74. The van der Waals surface area contributed by atoms with E-state index in [-0.39, 0.29) is 5.56 Å². The average Bonchev–Trinajstić information content (AvgIpc) is 2.65. The minimum Gasteiger partial charge on any atom is -0.356 e. The van der Waals surface area contributed by atoms with Crippen molar-refractivity contribution in [2.24, 2.45) is 4.99 Å². The van der Waals surface area contributed by atoms with Crippen LogP contribution < -0.4 is 16.2 Å². The molecule has 0 fully saturated rings. The molecule has 0 amide bonds. The molecule has 2 aromatic rings. The number of nitrogens with zero attached hydrogens (tertiary/aromatic N) is 4. The lowest BCUT2D eigenvalue weighted by atomic mass is 10.1. The zero-order chi connectivity index (χ0) is 18.8. The van der Waals surface area contributed by atoms with Crippen LogP contribution in [0.3, 0.4) is 0 Å². The first-order valence-corrected chi connectivity index (χ1v) is 8.65. The van der Waals surface area contributed by atoms with E-state index in [1.54, 1.807) is 19.2 Å². The number of nitriles is 1. The van der Waals surface area contributed by atoms with Crippen molar-refractivity contribution in [1.29, 1.82) is 5.26 Å². The SMILES string of the molecule is CN=C(NC#N)NCCCCCn1nc(-c2ccc(C)cc2)ccc1=O. The van der Waals surface area contributed by atoms with Crippen molar-refractivity contribution in [3.05, 3.63) is 52.3 Å². The van der Waals surface area contributed by atoms with Gasteiger partial charge >= 0.3 is 0 Å². The fraction of sp³-hybridized carbons (Fsp3) is 0.368. The molecule has 2 N–H and O–H groups in total. The standard InChI is InChI=1S/C19H24N6O/c1-15-6-8-16(9-7-15)17-10-11-18(26)25(24-17)13-5-3-4-12-22-19(21-2)23-14-20/h6-11H,3-5,12-13H2,1-2H3,(H2,21,22,23). The monoisotopic (exact) mass is 352 g/mol. The van der Waals surface area contributed by atoms with Crippen LogP contribution >= 0.6 is 0 Å². The first-order valence-electron chi connectivity index (χ1n) is 8.65. The zero-order valence-corrected chi connectivity index (χ0v) is 15.2. The van der Waals surface area contributed by atoms with E-state index < -0.39 is 0 Å². The van der Waals surface area contributed by atoms with Crippen molar-refractivity contribution in [3.63, 3.8) is 0 Å². The van der Waals surface area contributed by atoms with Crippen molar-refractivity contribution in [3.8, 4) is 17.5 Å². The van der Waals surface area contributed by atoms with Crippen molar-refractivity contribution >= 4 is 5.96 Å². The van der Waals surface area contributed by atoms with Gasteiger partial charge in [-0.25, -0.2) is 4.68 Å². The van der Waals surface area contributed by atoms with Crippen LogP contribution in [0.4, 0.5) is 0 Å². The molecule has 0 unspecified atom stereocenters. The van der Waals surface area contributed by atoms with E-state index in [4.69, 9.17) is 5.26 Å². The maximum Gasteiger partial charge on any atom is 0.266 e. The summed E-state index contributed by atoms with van der Waals surface area (Å²) in [5.41, 5.74) is 2.91. The Hall–Kier alpha value is -3.14. The van der Waals surface area contributed by atoms with Crippen molar-refractivity contribution in [1.82, 2.24) is 20.4 Å². The molecule has 1 aromatic heterocycles. The summed E-state index contributed by atoms with van der Waals surface area (Å²) in [5.74, 6) is 0.469. The summed E-state index contributed by atoms with van der Waals surface area (Å²) in [4.78, 5) is 15.9. The number of hydrogen-bond donors (Lipinski definition) is 2. The van der Waals surface area contributed by atoms with E-state index in [1.165, 1.54) is 10.2 Å². The lowest BCUT2D eigenvalue weighted by molar-refractivity contribution is 0.521. The first-order chi connectivity index (χ1) is 12.6. The zero-order valence-electron chi connectivity index (χ0n) is 15.2. The van der Waals surface area contributed by atoms with E-state index >= 15 is 0 Å². The van der Waals surface area contributed by atoms with Gasteiger partial charge in [0, 0.05) is 31.8 Å². The van der Waals surface area contributed by atoms with Crippen LogP contribution in [0, 0.1) is 18.4 Å². The summed E-state index contributed by atoms with van der Waals surface area (Å²) in [7, 11) is 1.62. The van der Waals surface area contributed by atoms with E-state index in [0.717, 1.165) is 30.5 Å². The highest BCUT2D eigenvalue weighted by Gasteiger charge is 2.03. The summed E-state index contributed by atoms with van der Waals surface area (Å²) in [6.07, 6.45) is 4.55. The van der Waals surface area contributed by atoms with Gasteiger partial charge in [-0.1, -0.05) is 29.8 Å². The molecule has 7 nitrogen and oxygen atoms in total. The van der Waals surface area contributed by atoms with Gasteiger partial charge in [-0.3, -0.25) is 15.1 Å². The van der Waals surface area contributed by atoms with Gasteiger partial charge < -0.3 is 5.32 Å². The maximum absolute atomic E-state index is 12.0. The van der Waals surface area contributed by atoms with Gasteiger partial charge in [0.25, 0.3) is 5.56 Å². The van der Waals surface area contributed by atoms with Crippen LogP contribution in [0.25, 0.3) is 11.3 Å². The van der Waals surface area contributed by atoms with Crippen LogP contribution in [0.1, 0.15) is 24.8 Å². The summed E-state index contributed by atoms with van der Waals surface area (Å²) >= 11 is 0. The fourth-order valence-electron chi connectivity index (χ4n) is 2.49. The van der Waals surface area contributed by atoms with Crippen molar-refractivity contribution in [2.45, 2.75) is 32.7 Å². The van der Waals surface area contributed by atoms with Crippen LogP contribution in [0.2, 0.25) is 0 Å². The fourth-order valence-corrected chi connectivity index (χ4v) is 2.49. The van der Waals surface area contributed by atoms with E-state index in [0.29, 0.717) is 19.0 Å². The highest BCUT2D eigenvalue weighted by molar-refractivity contribution is 5.80. The molecular formula is C19H24N6O. The van der Waals surface area contributed by atoms with Gasteiger partial charge in [0.05, 0.1) is 5.69 Å². The maximum atomic E-state index is 12.0. The second-order valence-electron chi connectivity index (χ2n) is 5.94. The first kappa shape index (κ1) is 19.2. The Kier molecular flexibility index (Phi) is 7.37. The quantitative estimate of drug-likeness (QED) is 0.261. The molecule has 136 valence electrons. The molecular weight excluding hydrogens is 328 g/mol. The minimum absolute atomic E-state index is 0.0855. The number of nitrogens with one attached hydrogen (secondary N) is 2. The van der Waals surface area contributed by atoms with Crippen LogP contribution in [-0.2, 0) is 6.54 Å². The molecule has 0 aliphatic heterocycles. The van der Waals surface area contributed by atoms with Crippen LogP contribution in [-0.4, -0.2) is 29.3 Å². The number of aromatic nitrogens is 2. The highest BCUT2D eigenvalue weighted by Crippen LogP contribution is 2.15. The van der Waals surface area contributed by atoms with Crippen molar-refractivity contribution < 1.29 is 0 Å². The van der Waals surface area contributed by atoms with Crippen molar-refractivity contribution in [2.75, 3.05) is 13.6 Å². The Labute approximate surface area is 153 Å². The Balaban J connectivity index is 1.84. The van der Waals surface area contributed by atoms with Gasteiger partial charge in [0.2, 0.25) is 5.96 Å². The normalized spacial score (nSPS) is 11.0. The second-order valence-corrected chi connectivity index (χ2v) is 5.94. The average molecular weight is 352 g/mol. The topological polar surface area (TPSA) is 95.1 Å². The predicted molar refractivity (Wildman–Crippen MR) is 103 cm³/mol. The Morgan fingerprint density at radius 2 is 1.96 bits per heavy atom. The second kappa shape index (κ2) is 9.99. The summed E-state index contributed by atoms with van der Waals surface area (Å²) in [5, 5.41) is 18.6.